The zero-order valence-electron chi connectivity index (χ0n) is 16.9. The largest absolute Gasteiger partial charge is 0.455 e. The normalized spacial score (nSPS) is 20.7. The van der Waals surface area contributed by atoms with Gasteiger partial charge in [-0.15, -0.1) is 0 Å². The summed E-state index contributed by atoms with van der Waals surface area (Å²) in [7, 11) is -2.24. The highest BCUT2D eigenvalue weighted by molar-refractivity contribution is 7.84. The minimum Gasteiger partial charge on any atom is -0.455 e. The van der Waals surface area contributed by atoms with Crippen molar-refractivity contribution < 1.29 is 27.5 Å². The van der Waals surface area contributed by atoms with E-state index in [4.69, 9.17) is 9.47 Å². The SMILES string of the molecule is C[S@](=O)c1ccc(C(=O)O[C@H]2CCCC[C@H]2OC(=O)c2ccc([S@](C)=O)cc2)cc1. The predicted octanol–water partition coefficient (Wildman–Crippen LogP) is 3.49. The third-order valence-corrected chi connectivity index (χ3v) is 6.87. The van der Waals surface area contributed by atoms with E-state index in [-0.39, 0.29) is 0 Å². The molecule has 2 aromatic rings. The lowest BCUT2D eigenvalue weighted by Gasteiger charge is -2.30. The Morgan fingerprint density at radius 2 is 1.03 bits per heavy atom. The third kappa shape index (κ3) is 5.64. The monoisotopic (exact) mass is 448 g/mol. The molecule has 1 aliphatic rings. The first-order chi connectivity index (χ1) is 14.3. The minimum atomic E-state index is -1.12. The van der Waals surface area contributed by atoms with Crippen LogP contribution in [0.5, 0.6) is 0 Å². The Balaban J connectivity index is 1.65. The van der Waals surface area contributed by atoms with Crippen molar-refractivity contribution in [3.63, 3.8) is 0 Å². The second-order valence-corrected chi connectivity index (χ2v) is 9.89. The number of carbonyl (C=O) groups excluding carboxylic acids is 2. The van der Waals surface area contributed by atoms with E-state index in [1.165, 1.54) is 0 Å². The lowest BCUT2D eigenvalue weighted by molar-refractivity contribution is -0.0514. The van der Waals surface area contributed by atoms with Gasteiger partial charge in [0.25, 0.3) is 0 Å². The first-order valence-corrected chi connectivity index (χ1v) is 12.8. The Morgan fingerprint density at radius 1 is 0.700 bits per heavy atom. The summed E-state index contributed by atoms with van der Waals surface area (Å²) < 4.78 is 34.3. The Hall–Kier alpha value is -2.32. The zero-order chi connectivity index (χ0) is 21.7. The molecule has 6 nitrogen and oxygen atoms in total. The standard InChI is InChI=1S/C22H24O6S2/c1-29(25)17-11-7-15(8-12-17)21(23)27-19-5-3-4-6-20(19)28-22(24)16-9-13-18(14-10-16)30(2)26/h7-14,19-20H,3-6H2,1-2H3/t19-,20+,29-,30-/m0/s1. The number of hydrogen-bond donors (Lipinski definition) is 0. The van der Waals surface area contributed by atoms with Gasteiger partial charge in [-0.1, -0.05) is 0 Å². The van der Waals surface area contributed by atoms with Crippen LogP contribution in [0.4, 0.5) is 0 Å². The van der Waals surface area contributed by atoms with E-state index in [0.29, 0.717) is 33.8 Å². The summed E-state index contributed by atoms with van der Waals surface area (Å²) in [6.45, 7) is 0. The fourth-order valence-corrected chi connectivity index (χ4v) is 4.35. The average molecular weight is 449 g/mol. The molecule has 0 N–H and O–H groups in total. The third-order valence-electron chi connectivity index (χ3n) is 5.00. The molecular weight excluding hydrogens is 424 g/mol. The molecule has 1 saturated carbocycles. The van der Waals surface area contributed by atoms with Crippen LogP contribution < -0.4 is 0 Å². The Bertz CT molecular complexity index is 873. The van der Waals surface area contributed by atoms with Gasteiger partial charge in [0.1, 0.15) is 12.2 Å². The Labute approximate surface area is 180 Å². The molecule has 0 heterocycles. The highest BCUT2D eigenvalue weighted by Crippen LogP contribution is 2.26. The van der Waals surface area contributed by atoms with E-state index >= 15 is 0 Å². The fraction of sp³-hybridized carbons (Fsp3) is 0.364. The molecule has 2 aromatic carbocycles. The average Bonchev–Trinajstić information content (AvgIpc) is 2.75. The Morgan fingerprint density at radius 3 is 1.33 bits per heavy atom. The van der Waals surface area contributed by atoms with Crippen molar-refractivity contribution >= 4 is 33.5 Å². The molecule has 4 atom stereocenters. The molecule has 8 heteroatoms. The fourth-order valence-electron chi connectivity index (χ4n) is 3.31. The molecule has 3 rings (SSSR count). The van der Waals surface area contributed by atoms with Crippen LogP contribution in [-0.2, 0) is 31.1 Å². The molecule has 0 spiro atoms. The van der Waals surface area contributed by atoms with Gasteiger partial charge in [0, 0.05) is 43.9 Å². The minimum absolute atomic E-state index is 0.364. The van der Waals surface area contributed by atoms with Crippen LogP contribution in [0.25, 0.3) is 0 Å². The quantitative estimate of drug-likeness (QED) is 0.629. The smallest absolute Gasteiger partial charge is 0.338 e. The van der Waals surface area contributed by atoms with Gasteiger partial charge in [0.2, 0.25) is 0 Å². The zero-order valence-corrected chi connectivity index (χ0v) is 18.5. The summed E-state index contributed by atoms with van der Waals surface area (Å²) in [4.78, 5) is 26.3. The van der Waals surface area contributed by atoms with Crippen molar-refractivity contribution in [2.75, 3.05) is 12.5 Å². The lowest BCUT2D eigenvalue weighted by atomic mass is 9.94. The lowest BCUT2D eigenvalue weighted by Crippen LogP contribution is -2.37. The van der Waals surface area contributed by atoms with E-state index in [2.05, 4.69) is 0 Å². The van der Waals surface area contributed by atoms with E-state index < -0.39 is 45.7 Å². The molecule has 30 heavy (non-hydrogen) atoms. The number of hydrogen-bond acceptors (Lipinski definition) is 6. The maximum absolute atomic E-state index is 12.5. The first-order valence-electron chi connectivity index (χ1n) is 9.64. The topological polar surface area (TPSA) is 86.7 Å². The summed E-state index contributed by atoms with van der Waals surface area (Å²) in [6.07, 6.45) is 5.12. The number of carbonyl (C=O) groups is 2. The Kier molecular flexibility index (Phi) is 7.55. The number of rotatable bonds is 6. The summed E-state index contributed by atoms with van der Waals surface area (Å²) in [5.74, 6) is -0.989. The van der Waals surface area contributed by atoms with Gasteiger partial charge in [-0.05, 0) is 74.2 Å². The maximum atomic E-state index is 12.5. The summed E-state index contributed by atoms with van der Waals surface area (Å²) in [5.41, 5.74) is 0.728. The molecular formula is C22H24O6S2. The van der Waals surface area contributed by atoms with Gasteiger partial charge in [0.15, 0.2) is 0 Å². The maximum Gasteiger partial charge on any atom is 0.338 e. The molecule has 0 bridgehead atoms. The molecule has 1 aliphatic carbocycles. The van der Waals surface area contributed by atoms with Gasteiger partial charge in [-0.2, -0.15) is 0 Å². The van der Waals surface area contributed by atoms with E-state index in [0.717, 1.165) is 12.8 Å². The molecule has 0 amide bonds. The summed E-state index contributed by atoms with van der Waals surface area (Å²) in [5, 5.41) is 0. The van der Waals surface area contributed by atoms with E-state index in [1.807, 2.05) is 0 Å². The van der Waals surface area contributed by atoms with Crippen molar-refractivity contribution in [1.29, 1.82) is 0 Å². The first kappa shape index (κ1) is 22.4. The van der Waals surface area contributed by atoms with Crippen LogP contribution in [0.1, 0.15) is 46.4 Å². The molecule has 1 fully saturated rings. The van der Waals surface area contributed by atoms with Crippen LogP contribution in [0.15, 0.2) is 58.3 Å². The second-order valence-electron chi connectivity index (χ2n) is 7.13. The van der Waals surface area contributed by atoms with Crippen molar-refractivity contribution in [3.05, 3.63) is 59.7 Å². The molecule has 0 aromatic heterocycles. The van der Waals surface area contributed by atoms with Gasteiger partial charge in [-0.3, -0.25) is 8.42 Å². The van der Waals surface area contributed by atoms with Crippen LogP contribution >= 0.6 is 0 Å². The number of esters is 2. The van der Waals surface area contributed by atoms with E-state index in [9.17, 15) is 18.0 Å². The molecule has 0 saturated heterocycles. The van der Waals surface area contributed by atoms with Gasteiger partial charge >= 0.3 is 11.9 Å². The van der Waals surface area contributed by atoms with Crippen molar-refractivity contribution in [3.8, 4) is 0 Å². The number of benzene rings is 2. The molecule has 0 aliphatic heterocycles. The van der Waals surface area contributed by atoms with Crippen LogP contribution in [-0.4, -0.2) is 45.1 Å². The van der Waals surface area contributed by atoms with Crippen LogP contribution in [0, 0.1) is 0 Å². The number of ether oxygens (including phenoxy) is 2. The summed E-state index contributed by atoms with van der Waals surface area (Å²) in [6, 6.07) is 12.9. The predicted molar refractivity (Wildman–Crippen MR) is 114 cm³/mol. The summed E-state index contributed by atoms with van der Waals surface area (Å²) >= 11 is 0. The van der Waals surface area contributed by atoms with Crippen molar-refractivity contribution in [2.24, 2.45) is 0 Å². The van der Waals surface area contributed by atoms with E-state index in [1.54, 1.807) is 61.0 Å². The van der Waals surface area contributed by atoms with Crippen molar-refractivity contribution in [1.82, 2.24) is 0 Å². The molecule has 160 valence electrons. The highest BCUT2D eigenvalue weighted by Gasteiger charge is 2.32. The molecule has 0 unspecified atom stereocenters. The van der Waals surface area contributed by atoms with Gasteiger partial charge in [0.05, 0.1) is 11.1 Å². The second kappa shape index (κ2) is 10.1. The van der Waals surface area contributed by atoms with Gasteiger partial charge < -0.3 is 9.47 Å². The highest BCUT2D eigenvalue weighted by atomic mass is 32.2. The van der Waals surface area contributed by atoms with Gasteiger partial charge in [-0.25, -0.2) is 9.59 Å². The van der Waals surface area contributed by atoms with Crippen molar-refractivity contribution in [2.45, 2.75) is 47.7 Å². The van der Waals surface area contributed by atoms with Crippen LogP contribution in [0.3, 0.4) is 0 Å². The molecule has 0 radical (unpaired) electrons. The van der Waals surface area contributed by atoms with Crippen LogP contribution in [0.2, 0.25) is 0 Å².